The van der Waals surface area contributed by atoms with Crippen molar-refractivity contribution in [3.63, 3.8) is 0 Å². The van der Waals surface area contributed by atoms with E-state index in [1.54, 1.807) is 30.0 Å². The van der Waals surface area contributed by atoms with Gasteiger partial charge in [0, 0.05) is 23.9 Å². The minimum atomic E-state index is -4.66. The van der Waals surface area contributed by atoms with Crippen molar-refractivity contribution in [2.24, 2.45) is 5.92 Å². The summed E-state index contributed by atoms with van der Waals surface area (Å²) in [5.41, 5.74) is -0.589. The summed E-state index contributed by atoms with van der Waals surface area (Å²) in [4.78, 5) is 58.2. The van der Waals surface area contributed by atoms with Gasteiger partial charge in [0.15, 0.2) is 18.1 Å². The molecule has 3 atom stereocenters. The Morgan fingerprint density at radius 2 is 1.77 bits per heavy atom. The van der Waals surface area contributed by atoms with Gasteiger partial charge < -0.3 is 19.4 Å². The highest BCUT2D eigenvalue weighted by molar-refractivity contribution is 8.00. The predicted octanol–water partition coefficient (Wildman–Crippen LogP) is 5.04. The molecule has 232 valence electrons. The lowest BCUT2D eigenvalue weighted by atomic mass is 9.83. The second-order valence-corrected chi connectivity index (χ2v) is 12.8. The molecule has 2 saturated heterocycles. The van der Waals surface area contributed by atoms with E-state index in [0.29, 0.717) is 40.1 Å². The molecule has 0 radical (unpaired) electrons. The Kier molecular flexibility index (Phi) is 8.22. The highest BCUT2D eigenvalue weighted by Crippen LogP contribution is 2.54. The van der Waals surface area contributed by atoms with Crippen molar-refractivity contribution in [3.05, 3.63) is 68.1 Å². The molecule has 1 N–H and O–H groups in total. The number of thiazole rings is 1. The van der Waals surface area contributed by atoms with Gasteiger partial charge in [0.2, 0.25) is 11.8 Å². The highest BCUT2D eigenvalue weighted by atomic mass is 32.2. The Morgan fingerprint density at radius 3 is 2.50 bits per heavy atom. The number of hydrogen-bond acceptors (Lipinski definition) is 8. The molecule has 2 aromatic carbocycles. The van der Waals surface area contributed by atoms with Crippen LogP contribution in [0.4, 0.5) is 18.9 Å². The number of H-pyrrole nitrogens is 1. The van der Waals surface area contributed by atoms with Crippen molar-refractivity contribution >= 4 is 46.5 Å². The maximum absolute atomic E-state index is 13.9. The van der Waals surface area contributed by atoms with Gasteiger partial charge in [-0.05, 0) is 62.1 Å². The Morgan fingerprint density at radius 1 is 1.00 bits per heavy atom. The number of nitrogens with zero attached hydrogens (tertiary/aromatic N) is 2. The zero-order valence-electron chi connectivity index (χ0n) is 23.5. The number of amides is 3. The molecule has 2 fully saturated rings. The smallest absolute Gasteiger partial charge is 0.416 e. The number of aromatic amines is 1. The van der Waals surface area contributed by atoms with Gasteiger partial charge in [-0.3, -0.25) is 19.2 Å². The number of hydrogen-bond donors (Lipinski definition) is 1. The van der Waals surface area contributed by atoms with Gasteiger partial charge in [-0.15, -0.1) is 0 Å². The van der Waals surface area contributed by atoms with Crippen LogP contribution < -0.4 is 19.2 Å². The summed E-state index contributed by atoms with van der Waals surface area (Å²) in [6.07, 6.45) is -1.67. The Balaban J connectivity index is 1.34. The lowest BCUT2D eigenvalue weighted by Crippen LogP contribution is -2.38. The number of imide groups is 1. The molecule has 0 bridgehead atoms. The standard InChI is InChI=1S/C30H28F3N3O6S2/c1-2-41-20-13-16(9-10-19(20)42-15-21(37)35-11-4-3-5-12-35)22-23-25(43-26-24(22)44-29(40)34-26)28(39)36(27(23)38)18-8-6-7-17(14-18)30(31,32)33/h6-10,13-14,22-23,25H,2-5,11-12,15H2,1H3,(H,34,40)/t22-,23?,25?/m1/s1. The van der Waals surface area contributed by atoms with E-state index in [9.17, 15) is 32.3 Å². The van der Waals surface area contributed by atoms with Crippen LogP contribution in [-0.4, -0.2) is 59.2 Å². The molecule has 3 aliphatic heterocycles. The van der Waals surface area contributed by atoms with Crippen molar-refractivity contribution in [2.75, 3.05) is 31.2 Å². The molecule has 44 heavy (non-hydrogen) atoms. The molecule has 3 amide bonds. The second-order valence-electron chi connectivity index (χ2n) is 10.7. The number of ether oxygens (including phenoxy) is 2. The number of carbonyl (C=O) groups excluding carboxylic acids is 3. The minimum Gasteiger partial charge on any atom is -0.490 e. The van der Waals surface area contributed by atoms with Crippen LogP contribution in [0.2, 0.25) is 0 Å². The van der Waals surface area contributed by atoms with E-state index in [1.165, 1.54) is 6.07 Å². The van der Waals surface area contributed by atoms with Crippen LogP contribution in [0.25, 0.3) is 0 Å². The van der Waals surface area contributed by atoms with Crippen LogP contribution in [0.1, 0.15) is 48.1 Å². The molecule has 2 unspecified atom stereocenters. The average Bonchev–Trinajstić information content (AvgIpc) is 3.50. The first kappa shape index (κ1) is 30.3. The van der Waals surface area contributed by atoms with Gasteiger partial charge in [-0.25, -0.2) is 4.90 Å². The molecule has 3 aromatic rings. The molecule has 0 aliphatic carbocycles. The number of halogens is 3. The molecule has 3 aliphatic rings. The van der Waals surface area contributed by atoms with Crippen molar-refractivity contribution in [1.29, 1.82) is 0 Å². The van der Waals surface area contributed by atoms with Gasteiger partial charge in [-0.2, -0.15) is 13.2 Å². The Bertz CT molecular complexity index is 1670. The van der Waals surface area contributed by atoms with Crippen LogP contribution >= 0.6 is 23.1 Å². The van der Waals surface area contributed by atoms with E-state index in [4.69, 9.17) is 9.47 Å². The van der Waals surface area contributed by atoms with Crippen LogP contribution in [0.15, 0.2) is 52.3 Å². The van der Waals surface area contributed by atoms with Gasteiger partial charge in [-0.1, -0.05) is 35.2 Å². The lowest BCUT2D eigenvalue weighted by molar-refractivity contribution is -0.137. The number of piperidine rings is 1. The average molecular weight is 648 g/mol. The molecule has 6 rings (SSSR count). The van der Waals surface area contributed by atoms with E-state index in [2.05, 4.69) is 4.98 Å². The monoisotopic (exact) mass is 647 g/mol. The van der Waals surface area contributed by atoms with E-state index in [1.807, 2.05) is 0 Å². The largest absolute Gasteiger partial charge is 0.490 e. The SMILES string of the molecule is CCOc1cc([C@H]2c3sc(=O)[nH]c3SC3C(=O)N(c4cccc(C(F)(F)F)c4)C(=O)C32)ccc1OCC(=O)N1CCCCC1. The summed E-state index contributed by atoms with van der Waals surface area (Å²) in [7, 11) is 0. The summed E-state index contributed by atoms with van der Waals surface area (Å²) in [5.74, 6) is -2.57. The zero-order valence-corrected chi connectivity index (χ0v) is 25.2. The summed E-state index contributed by atoms with van der Waals surface area (Å²) < 4.78 is 52.1. The van der Waals surface area contributed by atoms with Crippen molar-refractivity contribution in [3.8, 4) is 11.5 Å². The fourth-order valence-electron chi connectivity index (χ4n) is 5.93. The van der Waals surface area contributed by atoms with Crippen LogP contribution in [0, 0.1) is 5.92 Å². The third kappa shape index (κ3) is 5.60. The molecular weight excluding hydrogens is 619 g/mol. The lowest BCUT2D eigenvalue weighted by Gasteiger charge is -2.30. The number of fused-ring (bicyclic) bond motifs is 2. The third-order valence-electron chi connectivity index (χ3n) is 7.94. The summed E-state index contributed by atoms with van der Waals surface area (Å²) in [6, 6.07) is 9.10. The maximum atomic E-state index is 13.9. The number of anilines is 1. The maximum Gasteiger partial charge on any atom is 0.416 e. The number of likely N-dealkylation sites (tertiary alicyclic amines) is 1. The molecule has 0 spiro atoms. The number of benzene rings is 2. The predicted molar refractivity (Wildman–Crippen MR) is 157 cm³/mol. The Labute approximate surface area is 258 Å². The normalized spacial score (nSPS) is 21.7. The van der Waals surface area contributed by atoms with Gasteiger partial charge >= 0.3 is 11.0 Å². The van der Waals surface area contributed by atoms with E-state index in [0.717, 1.165) is 65.5 Å². The fraction of sp³-hybridized carbons (Fsp3) is 0.400. The molecule has 9 nitrogen and oxygen atoms in total. The first-order valence-electron chi connectivity index (χ1n) is 14.2. The number of nitrogens with one attached hydrogen (secondary N) is 1. The van der Waals surface area contributed by atoms with Gasteiger partial charge in [0.05, 0.1) is 28.8 Å². The second kappa shape index (κ2) is 12.0. The highest BCUT2D eigenvalue weighted by Gasteiger charge is 2.56. The van der Waals surface area contributed by atoms with E-state index >= 15 is 0 Å². The number of aromatic nitrogens is 1. The van der Waals surface area contributed by atoms with Crippen molar-refractivity contribution in [1.82, 2.24) is 9.88 Å². The summed E-state index contributed by atoms with van der Waals surface area (Å²) >= 11 is 1.95. The van der Waals surface area contributed by atoms with E-state index < -0.39 is 40.6 Å². The first-order valence-corrected chi connectivity index (χ1v) is 15.9. The number of alkyl halides is 3. The number of carbonyl (C=O) groups is 3. The quantitative estimate of drug-likeness (QED) is 0.358. The molecular formula is C30H28F3N3O6S2. The number of thioether (sulfide) groups is 1. The molecule has 4 heterocycles. The topological polar surface area (TPSA) is 109 Å². The third-order valence-corrected chi connectivity index (χ3v) is 10.3. The Hall–Kier alpha value is -3.78. The van der Waals surface area contributed by atoms with Crippen molar-refractivity contribution in [2.45, 2.75) is 48.6 Å². The molecule has 0 saturated carbocycles. The van der Waals surface area contributed by atoms with Crippen LogP contribution in [0.5, 0.6) is 11.5 Å². The molecule has 14 heteroatoms. The summed E-state index contributed by atoms with van der Waals surface area (Å²) in [6.45, 7) is 3.26. The van der Waals surface area contributed by atoms with E-state index in [-0.39, 0.29) is 29.7 Å². The van der Waals surface area contributed by atoms with Crippen molar-refractivity contribution < 1.29 is 37.0 Å². The van der Waals surface area contributed by atoms with Gasteiger partial charge in [0.25, 0.3) is 5.91 Å². The summed E-state index contributed by atoms with van der Waals surface area (Å²) in [5, 5.41) is -0.544. The van der Waals surface area contributed by atoms with Gasteiger partial charge in [0.1, 0.15) is 5.25 Å². The van der Waals surface area contributed by atoms with Crippen LogP contribution in [0.3, 0.4) is 0 Å². The molecule has 1 aromatic heterocycles. The van der Waals surface area contributed by atoms with Crippen LogP contribution in [-0.2, 0) is 20.6 Å². The first-order chi connectivity index (χ1) is 21.1. The minimum absolute atomic E-state index is 0.130. The fourth-order valence-corrected chi connectivity index (χ4v) is 8.45. The number of rotatable bonds is 7. The zero-order chi connectivity index (χ0) is 31.2.